The quantitative estimate of drug-likeness (QED) is 0.802. The number of nitrogen functional groups attached to an aromatic ring is 2. The van der Waals surface area contributed by atoms with Gasteiger partial charge in [-0.1, -0.05) is 0 Å². The Bertz CT molecular complexity index is 633. The summed E-state index contributed by atoms with van der Waals surface area (Å²) in [7, 11) is 0. The highest BCUT2D eigenvalue weighted by atomic mass is 16.5. The van der Waals surface area contributed by atoms with Crippen molar-refractivity contribution >= 4 is 11.4 Å². The Labute approximate surface area is 114 Å². The maximum absolute atomic E-state index is 6.00. The third kappa shape index (κ3) is 2.65. The number of rotatable bonds is 2. The molecule has 0 aliphatic rings. The van der Waals surface area contributed by atoms with Crippen LogP contribution in [0.5, 0.6) is 11.5 Å². The van der Waals surface area contributed by atoms with Crippen molar-refractivity contribution in [1.82, 2.24) is 0 Å². The van der Waals surface area contributed by atoms with Crippen molar-refractivity contribution in [2.75, 3.05) is 11.5 Å². The van der Waals surface area contributed by atoms with Crippen molar-refractivity contribution in [1.29, 1.82) is 0 Å². The summed E-state index contributed by atoms with van der Waals surface area (Å²) in [5.74, 6) is 1.62. The highest BCUT2D eigenvalue weighted by molar-refractivity contribution is 5.58. The van der Waals surface area contributed by atoms with Gasteiger partial charge in [-0.2, -0.15) is 0 Å². The maximum Gasteiger partial charge on any atom is 0.132 e. The number of anilines is 2. The normalized spacial score (nSPS) is 10.5. The zero-order valence-electron chi connectivity index (χ0n) is 11.9. The van der Waals surface area contributed by atoms with E-state index in [0.29, 0.717) is 0 Å². The Morgan fingerprint density at radius 2 is 1.42 bits per heavy atom. The van der Waals surface area contributed by atoms with Crippen molar-refractivity contribution in [2.45, 2.75) is 27.7 Å². The molecule has 3 nitrogen and oxygen atoms in total. The molecule has 0 aliphatic heterocycles. The minimum absolute atomic E-state index is 0.750. The molecule has 4 N–H and O–H groups in total. The van der Waals surface area contributed by atoms with Crippen LogP contribution in [0, 0.1) is 27.7 Å². The lowest BCUT2D eigenvalue weighted by atomic mass is 10.1. The zero-order valence-corrected chi connectivity index (χ0v) is 11.9. The maximum atomic E-state index is 6.00. The van der Waals surface area contributed by atoms with Crippen molar-refractivity contribution in [3.05, 3.63) is 46.5 Å². The van der Waals surface area contributed by atoms with E-state index >= 15 is 0 Å². The number of aryl methyl sites for hydroxylation is 3. The van der Waals surface area contributed by atoms with Gasteiger partial charge < -0.3 is 16.2 Å². The van der Waals surface area contributed by atoms with Crippen LogP contribution in [0.3, 0.4) is 0 Å². The molecule has 0 aliphatic carbocycles. The standard InChI is InChI=1S/C16H20N2O/c1-9-5-14(18)12(4)16(6-9)19-15-8-10(2)13(17)7-11(15)3/h5-8H,17-18H2,1-4H3. The van der Waals surface area contributed by atoms with Gasteiger partial charge in [-0.25, -0.2) is 0 Å². The average molecular weight is 256 g/mol. The van der Waals surface area contributed by atoms with E-state index in [-0.39, 0.29) is 0 Å². The summed E-state index contributed by atoms with van der Waals surface area (Å²) >= 11 is 0. The van der Waals surface area contributed by atoms with E-state index in [0.717, 1.165) is 45.1 Å². The van der Waals surface area contributed by atoms with Crippen LogP contribution in [0.4, 0.5) is 11.4 Å². The van der Waals surface area contributed by atoms with Gasteiger partial charge in [0.2, 0.25) is 0 Å². The molecule has 0 saturated carbocycles. The summed E-state index contributed by atoms with van der Waals surface area (Å²) in [6, 6.07) is 7.84. The van der Waals surface area contributed by atoms with Crippen molar-refractivity contribution in [3.8, 4) is 11.5 Å². The van der Waals surface area contributed by atoms with Crippen LogP contribution in [0.2, 0.25) is 0 Å². The number of benzene rings is 2. The molecule has 100 valence electrons. The first kappa shape index (κ1) is 13.3. The average Bonchev–Trinajstić information content (AvgIpc) is 2.32. The highest BCUT2D eigenvalue weighted by Gasteiger charge is 2.09. The lowest BCUT2D eigenvalue weighted by Gasteiger charge is -2.15. The molecular formula is C16H20N2O. The SMILES string of the molecule is Cc1cc(N)c(C)c(Oc2cc(C)c(N)cc2C)c1. The zero-order chi connectivity index (χ0) is 14.2. The molecule has 0 aromatic heterocycles. The van der Waals surface area contributed by atoms with Gasteiger partial charge in [-0.05, 0) is 68.7 Å². The number of hydrogen-bond donors (Lipinski definition) is 2. The lowest BCUT2D eigenvalue weighted by Crippen LogP contribution is -1.98. The van der Waals surface area contributed by atoms with E-state index in [1.807, 2.05) is 52.0 Å². The molecule has 0 bridgehead atoms. The smallest absolute Gasteiger partial charge is 0.132 e. The Morgan fingerprint density at radius 3 is 2.11 bits per heavy atom. The Morgan fingerprint density at radius 1 is 0.737 bits per heavy atom. The number of ether oxygens (including phenoxy) is 1. The molecule has 2 aromatic rings. The van der Waals surface area contributed by atoms with Crippen LogP contribution in [-0.2, 0) is 0 Å². The van der Waals surface area contributed by atoms with Crippen LogP contribution < -0.4 is 16.2 Å². The number of nitrogens with two attached hydrogens (primary N) is 2. The van der Waals surface area contributed by atoms with Crippen molar-refractivity contribution in [2.24, 2.45) is 0 Å². The Balaban J connectivity index is 2.44. The molecule has 2 rings (SSSR count). The highest BCUT2D eigenvalue weighted by Crippen LogP contribution is 2.33. The second kappa shape index (κ2) is 4.84. The third-order valence-corrected chi connectivity index (χ3v) is 3.33. The van der Waals surface area contributed by atoms with Gasteiger partial charge >= 0.3 is 0 Å². The van der Waals surface area contributed by atoms with Crippen LogP contribution in [0.1, 0.15) is 22.3 Å². The summed E-state index contributed by atoms with van der Waals surface area (Å²) in [6.07, 6.45) is 0. The fourth-order valence-corrected chi connectivity index (χ4v) is 2.00. The van der Waals surface area contributed by atoms with Crippen LogP contribution in [0.15, 0.2) is 24.3 Å². The first-order valence-electron chi connectivity index (χ1n) is 6.29. The largest absolute Gasteiger partial charge is 0.457 e. The topological polar surface area (TPSA) is 61.3 Å². The van der Waals surface area contributed by atoms with E-state index in [4.69, 9.17) is 16.2 Å². The molecule has 0 unspecified atom stereocenters. The monoisotopic (exact) mass is 256 g/mol. The Hall–Kier alpha value is -2.16. The van der Waals surface area contributed by atoms with Gasteiger partial charge in [0.15, 0.2) is 0 Å². The minimum Gasteiger partial charge on any atom is -0.457 e. The van der Waals surface area contributed by atoms with Crippen LogP contribution in [0.25, 0.3) is 0 Å². The molecule has 3 heteroatoms. The predicted octanol–water partition coefficient (Wildman–Crippen LogP) is 3.88. The summed E-state index contributed by atoms with van der Waals surface area (Å²) in [6.45, 7) is 7.92. The van der Waals surface area contributed by atoms with E-state index in [1.54, 1.807) is 0 Å². The Kier molecular flexibility index (Phi) is 3.38. The molecule has 0 spiro atoms. The third-order valence-electron chi connectivity index (χ3n) is 3.33. The van der Waals surface area contributed by atoms with Crippen LogP contribution >= 0.6 is 0 Å². The lowest BCUT2D eigenvalue weighted by molar-refractivity contribution is 0.475. The molecule has 19 heavy (non-hydrogen) atoms. The summed E-state index contributed by atoms with van der Waals surface area (Å²) in [5, 5.41) is 0. The van der Waals surface area contributed by atoms with Crippen molar-refractivity contribution in [3.63, 3.8) is 0 Å². The summed E-state index contributed by atoms with van der Waals surface area (Å²) < 4.78 is 6.00. The van der Waals surface area contributed by atoms with E-state index in [1.165, 1.54) is 0 Å². The predicted molar refractivity (Wildman–Crippen MR) is 80.7 cm³/mol. The summed E-state index contributed by atoms with van der Waals surface area (Å²) in [5.41, 5.74) is 17.5. The fourth-order valence-electron chi connectivity index (χ4n) is 2.00. The van der Waals surface area contributed by atoms with Gasteiger partial charge in [-0.3, -0.25) is 0 Å². The molecule has 0 amide bonds. The second-order valence-electron chi connectivity index (χ2n) is 5.05. The summed E-state index contributed by atoms with van der Waals surface area (Å²) in [4.78, 5) is 0. The first-order chi connectivity index (χ1) is 8.88. The molecular weight excluding hydrogens is 236 g/mol. The molecule has 0 atom stereocenters. The molecule has 0 heterocycles. The molecule has 0 saturated heterocycles. The van der Waals surface area contributed by atoms with E-state index in [9.17, 15) is 0 Å². The van der Waals surface area contributed by atoms with Gasteiger partial charge in [0.25, 0.3) is 0 Å². The second-order valence-corrected chi connectivity index (χ2v) is 5.05. The van der Waals surface area contributed by atoms with Gasteiger partial charge in [0.1, 0.15) is 11.5 Å². The molecule has 2 aromatic carbocycles. The van der Waals surface area contributed by atoms with Gasteiger partial charge in [0, 0.05) is 16.9 Å². The number of hydrogen-bond acceptors (Lipinski definition) is 3. The molecule has 0 radical (unpaired) electrons. The minimum atomic E-state index is 0.750. The fraction of sp³-hybridized carbons (Fsp3) is 0.250. The van der Waals surface area contributed by atoms with Crippen LogP contribution in [-0.4, -0.2) is 0 Å². The van der Waals surface area contributed by atoms with Crippen molar-refractivity contribution < 1.29 is 4.74 Å². The van der Waals surface area contributed by atoms with E-state index in [2.05, 4.69) is 0 Å². The molecule has 0 fully saturated rings. The van der Waals surface area contributed by atoms with Gasteiger partial charge in [-0.15, -0.1) is 0 Å². The van der Waals surface area contributed by atoms with Gasteiger partial charge in [0.05, 0.1) is 0 Å². The van der Waals surface area contributed by atoms with E-state index < -0.39 is 0 Å². The first-order valence-corrected chi connectivity index (χ1v) is 6.29.